The Kier molecular flexibility index (Phi) is 2.34. The van der Waals surface area contributed by atoms with Crippen LogP contribution in [0.25, 0.3) is 0 Å². The van der Waals surface area contributed by atoms with Gasteiger partial charge in [0.15, 0.2) is 10.9 Å². The number of hydrogen-bond acceptors (Lipinski definition) is 6. The van der Waals surface area contributed by atoms with Crippen molar-refractivity contribution in [1.29, 1.82) is 0 Å². The molecule has 2 N–H and O–H groups in total. The summed E-state index contributed by atoms with van der Waals surface area (Å²) in [5, 5.41) is 0.413. The minimum atomic E-state index is 0.00213. The van der Waals surface area contributed by atoms with Crippen LogP contribution in [0.1, 0.15) is 15.4 Å². The van der Waals surface area contributed by atoms with Gasteiger partial charge in [0, 0.05) is 6.54 Å². The summed E-state index contributed by atoms with van der Waals surface area (Å²) in [6.45, 7) is 0.820. The third kappa shape index (κ3) is 1.56. The van der Waals surface area contributed by atoms with Crippen molar-refractivity contribution in [3.8, 4) is 0 Å². The summed E-state index contributed by atoms with van der Waals surface area (Å²) < 4.78 is 0. The number of carbonyl (C=O) groups excluding carboxylic acids is 2. The Morgan fingerprint density at radius 2 is 2.36 bits per heavy atom. The Morgan fingerprint density at radius 3 is 3.07 bits per heavy atom. The Labute approximate surface area is 85.2 Å². The standard InChI is InChI=1S/C7H8BN3O2S/c9-7-10-4-1-11(8-3-12)2-5(13)6(4)14-7/h3,8H,1-2H2,(H2,9,10). The number of ketones is 1. The lowest BCUT2D eigenvalue weighted by Gasteiger charge is -2.21. The van der Waals surface area contributed by atoms with E-state index in [0.29, 0.717) is 22.2 Å². The van der Waals surface area contributed by atoms with Crippen molar-refractivity contribution in [1.82, 2.24) is 9.79 Å². The van der Waals surface area contributed by atoms with Crippen molar-refractivity contribution in [3.63, 3.8) is 0 Å². The molecule has 7 heteroatoms. The molecule has 0 bridgehead atoms. The van der Waals surface area contributed by atoms with Gasteiger partial charge in [-0.05, 0) is 0 Å². The molecule has 0 aliphatic carbocycles. The summed E-state index contributed by atoms with van der Waals surface area (Å²) in [7, 11) is 0.266. The van der Waals surface area contributed by atoms with Gasteiger partial charge in [-0.1, -0.05) is 11.3 Å². The fourth-order valence-corrected chi connectivity index (χ4v) is 2.24. The zero-order valence-corrected chi connectivity index (χ0v) is 8.21. The smallest absolute Gasteiger partial charge is 0.281 e. The first-order chi connectivity index (χ1) is 6.70. The molecule has 5 nitrogen and oxygen atoms in total. The van der Waals surface area contributed by atoms with Crippen molar-refractivity contribution in [2.75, 3.05) is 12.3 Å². The molecule has 0 amide bonds. The molecule has 0 radical (unpaired) electrons. The van der Waals surface area contributed by atoms with E-state index in [2.05, 4.69) is 4.98 Å². The van der Waals surface area contributed by atoms with Gasteiger partial charge >= 0.3 is 0 Å². The molecule has 0 unspecified atom stereocenters. The summed E-state index contributed by atoms with van der Waals surface area (Å²) in [4.78, 5) is 28.3. The Hall–Kier alpha value is -1.21. The highest BCUT2D eigenvalue weighted by molar-refractivity contribution is 7.17. The topological polar surface area (TPSA) is 76.3 Å². The first-order valence-electron chi connectivity index (χ1n) is 4.15. The van der Waals surface area contributed by atoms with E-state index in [4.69, 9.17) is 5.73 Å². The maximum Gasteiger partial charge on any atom is 0.281 e. The maximum atomic E-state index is 11.5. The van der Waals surface area contributed by atoms with Crippen LogP contribution in [-0.4, -0.2) is 35.7 Å². The van der Waals surface area contributed by atoms with Gasteiger partial charge in [-0.3, -0.25) is 4.79 Å². The SMILES string of the molecule is Nc1nc2c(s1)C(=O)CN(BC=O)C2. The molecule has 14 heavy (non-hydrogen) atoms. The molecule has 1 aromatic rings. The number of Topliss-reactive ketones (excluding diaryl/α,β-unsaturated/α-hetero) is 1. The molecule has 0 saturated carbocycles. The predicted molar refractivity (Wildman–Crippen MR) is 55.2 cm³/mol. The van der Waals surface area contributed by atoms with Crippen LogP contribution in [0.5, 0.6) is 0 Å². The van der Waals surface area contributed by atoms with Gasteiger partial charge in [-0.15, -0.1) is 0 Å². The molecule has 72 valence electrons. The maximum absolute atomic E-state index is 11.5. The average Bonchev–Trinajstić information content (AvgIpc) is 2.47. The van der Waals surface area contributed by atoms with Gasteiger partial charge < -0.3 is 15.3 Å². The number of nitrogens with two attached hydrogens (primary N) is 1. The third-order valence-corrected chi connectivity index (χ3v) is 3.01. The molecule has 2 rings (SSSR count). The van der Waals surface area contributed by atoms with Crippen molar-refractivity contribution in [2.45, 2.75) is 6.54 Å². The van der Waals surface area contributed by atoms with Crippen LogP contribution < -0.4 is 5.73 Å². The van der Waals surface area contributed by atoms with Crippen LogP contribution in [0.2, 0.25) is 0 Å². The highest BCUT2D eigenvalue weighted by Gasteiger charge is 2.26. The highest BCUT2D eigenvalue weighted by atomic mass is 32.1. The van der Waals surface area contributed by atoms with Gasteiger partial charge in [0.2, 0.25) is 0 Å². The molecule has 0 atom stereocenters. The van der Waals surface area contributed by atoms with Gasteiger partial charge in [-0.2, -0.15) is 0 Å². The zero-order chi connectivity index (χ0) is 10.1. The molecule has 0 spiro atoms. The van der Waals surface area contributed by atoms with E-state index >= 15 is 0 Å². The molecule has 0 saturated heterocycles. The zero-order valence-electron chi connectivity index (χ0n) is 7.40. The molecular formula is C7H8BN3O2S. The van der Waals surface area contributed by atoms with Crippen LogP contribution in [0, 0.1) is 0 Å². The second kappa shape index (κ2) is 3.51. The largest absolute Gasteiger partial charge is 0.375 e. The van der Waals surface area contributed by atoms with Gasteiger partial charge in [-0.25, -0.2) is 4.98 Å². The van der Waals surface area contributed by atoms with E-state index in [1.54, 1.807) is 4.81 Å². The number of carbonyl (C=O) groups is 2. The fourth-order valence-electron chi connectivity index (χ4n) is 1.47. The van der Waals surface area contributed by atoms with E-state index in [0.717, 1.165) is 6.19 Å². The molecule has 1 aliphatic heterocycles. The summed E-state index contributed by atoms with van der Waals surface area (Å²) >= 11 is 1.22. The summed E-state index contributed by atoms with van der Waals surface area (Å²) in [5.74, 6) is 0.00213. The molecule has 0 fully saturated rings. The molecule has 0 aromatic carbocycles. The third-order valence-electron chi connectivity index (χ3n) is 2.04. The number of nitrogens with zero attached hydrogens (tertiary/aromatic N) is 2. The van der Waals surface area contributed by atoms with Crippen LogP contribution in [0.3, 0.4) is 0 Å². The number of aromatic nitrogens is 1. The molecule has 1 aromatic heterocycles. The summed E-state index contributed by atoms with van der Waals surface area (Å²) in [6.07, 6.45) is 0.786. The van der Waals surface area contributed by atoms with Crippen LogP contribution in [-0.2, 0) is 11.3 Å². The highest BCUT2D eigenvalue weighted by Crippen LogP contribution is 2.25. The minimum absolute atomic E-state index is 0.00213. The van der Waals surface area contributed by atoms with Crippen LogP contribution in [0.4, 0.5) is 5.13 Å². The van der Waals surface area contributed by atoms with E-state index in [9.17, 15) is 9.59 Å². The number of anilines is 1. The summed E-state index contributed by atoms with van der Waals surface area (Å²) in [5.41, 5.74) is 6.21. The summed E-state index contributed by atoms with van der Waals surface area (Å²) in [6, 6.07) is 0. The lowest BCUT2D eigenvalue weighted by atomic mass is 9.91. The lowest BCUT2D eigenvalue weighted by Crippen LogP contribution is -2.37. The van der Waals surface area contributed by atoms with E-state index in [-0.39, 0.29) is 19.7 Å². The first-order valence-corrected chi connectivity index (χ1v) is 4.96. The monoisotopic (exact) mass is 209 g/mol. The Balaban J connectivity index is 2.28. The number of thiazole rings is 1. The fraction of sp³-hybridized carbons (Fsp3) is 0.286. The van der Waals surface area contributed by atoms with Gasteiger partial charge in [0.25, 0.3) is 7.41 Å². The van der Waals surface area contributed by atoms with E-state index < -0.39 is 0 Å². The van der Waals surface area contributed by atoms with Crippen LogP contribution >= 0.6 is 11.3 Å². The lowest BCUT2D eigenvalue weighted by molar-refractivity contribution is 0.0954. The Bertz CT molecular complexity index is 392. The predicted octanol–water partition coefficient (Wildman–Crippen LogP) is -0.735. The van der Waals surface area contributed by atoms with Gasteiger partial charge in [0.1, 0.15) is 0 Å². The Morgan fingerprint density at radius 1 is 1.57 bits per heavy atom. The second-order valence-electron chi connectivity index (χ2n) is 3.09. The van der Waals surface area contributed by atoms with Crippen molar-refractivity contribution >= 4 is 35.9 Å². The van der Waals surface area contributed by atoms with Gasteiger partial charge in [0.05, 0.1) is 23.3 Å². The molecular weight excluding hydrogens is 201 g/mol. The van der Waals surface area contributed by atoms with Crippen molar-refractivity contribution in [3.05, 3.63) is 10.6 Å². The second-order valence-corrected chi connectivity index (χ2v) is 4.12. The molecule has 2 heterocycles. The number of fused-ring (bicyclic) bond motifs is 1. The van der Waals surface area contributed by atoms with Crippen molar-refractivity contribution < 1.29 is 9.59 Å². The quantitative estimate of drug-likeness (QED) is 0.513. The van der Waals surface area contributed by atoms with E-state index in [1.165, 1.54) is 11.3 Å². The van der Waals surface area contributed by atoms with Crippen LogP contribution in [0.15, 0.2) is 0 Å². The van der Waals surface area contributed by atoms with Crippen molar-refractivity contribution in [2.24, 2.45) is 0 Å². The minimum Gasteiger partial charge on any atom is -0.375 e. The van der Waals surface area contributed by atoms with E-state index in [1.807, 2.05) is 0 Å². The number of nitrogen functional groups attached to an aromatic ring is 1. The number of hydrogen-bond donors (Lipinski definition) is 1. The number of rotatable bonds is 2. The first kappa shape index (κ1) is 9.35. The normalized spacial score (nSPS) is 16.4. The molecule has 1 aliphatic rings. The average molecular weight is 209 g/mol.